The zero-order chi connectivity index (χ0) is 15.4. The maximum Gasteiger partial charge on any atom is 0.253 e. The number of nitrogens with zero attached hydrogens (tertiary/aromatic N) is 2. The molecule has 0 aliphatic rings. The van der Waals surface area contributed by atoms with Gasteiger partial charge in [-0.25, -0.2) is 0 Å². The zero-order valence-corrected chi connectivity index (χ0v) is 12.1. The molecule has 0 aliphatic heterocycles. The predicted octanol–water partition coefficient (Wildman–Crippen LogP) is 2.72. The van der Waals surface area contributed by atoms with E-state index in [4.69, 9.17) is 11.0 Å². The summed E-state index contributed by atoms with van der Waals surface area (Å²) >= 11 is 0. The minimum absolute atomic E-state index is 0.0533. The number of hydrogen-bond acceptors (Lipinski definition) is 3. The van der Waals surface area contributed by atoms with Crippen LogP contribution in [0.4, 0.5) is 5.69 Å². The molecule has 2 aromatic carbocycles. The molecule has 0 aromatic heterocycles. The normalized spacial score (nSPS) is 9.95. The number of nitrogen functional groups attached to an aromatic ring is 1. The predicted molar refractivity (Wildman–Crippen MR) is 82.5 cm³/mol. The Hall–Kier alpha value is -2.80. The summed E-state index contributed by atoms with van der Waals surface area (Å²) in [4.78, 5) is 14.0. The number of carbonyl (C=O) groups is 1. The molecule has 2 aromatic rings. The van der Waals surface area contributed by atoms with E-state index in [1.165, 1.54) is 0 Å². The lowest BCUT2D eigenvalue weighted by atomic mass is 10.1. The van der Waals surface area contributed by atoms with Crippen LogP contribution in [-0.2, 0) is 6.54 Å². The van der Waals surface area contributed by atoms with E-state index in [0.29, 0.717) is 23.4 Å². The van der Waals surface area contributed by atoms with Gasteiger partial charge in [-0.15, -0.1) is 0 Å². The maximum atomic E-state index is 12.4. The van der Waals surface area contributed by atoms with Gasteiger partial charge in [0.05, 0.1) is 11.6 Å². The molecule has 0 saturated heterocycles. The highest BCUT2D eigenvalue weighted by atomic mass is 16.2. The molecule has 0 bridgehead atoms. The monoisotopic (exact) mass is 279 g/mol. The molecule has 0 heterocycles. The highest BCUT2D eigenvalue weighted by Crippen LogP contribution is 2.15. The molecule has 21 heavy (non-hydrogen) atoms. The van der Waals surface area contributed by atoms with E-state index in [1.54, 1.807) is 42.3 Å². The molecule has 106 valence electrons. The molecule has 0 unspecified atom stereocenters. The zero-order valence-electron chi connectivity index (χ0n) is 12.1. The molecule has 0 aliphatic carbocycles. The standard InChI is InChI=1S/C17H17N3O/c1-12-9-15(7-8-16(12)19)17(21)20(2)11-14-5-3-13(10-18)4-6-14/h3-9H,11,19H2,1-2H3. The first kappa shape index (κ1) is 14.6. The van der Waals surface area contributed by atoms with Gasteiger partial charge in [0.1, 0.15) is 0 Å². The third kappa shape index (κ3) is 3.40. The van der Waals surface area contributed by atoms with Crippen LogP contribution in [0.3, 0.4) is 0 Å². The van der Waals surface area contributed by atoms with Gasteiger partial charge in [0, 0.05) is 24.8 Å². The minimum Gasteiger partial charge on any atom is -0.399 e. The molecule has 4 nitrogen and oxygen atoms in total. The van der Waals surface area contributed by atoms with Crippen molar-refractivity contribution >= 4 is 11.6 Å². The Labute approximate surface area is 124 Å². The van der Waals surface area contributed by atoms with Crippen molar-refractivity contribution in [2.24, 2.45) is 0 Å². The Morgan fingerprint density at radius 2 is 1.90 bits per heavy atom. The largest absolute Gasteiger partial charge is 0.399 e. The van der Waals surface area contributed by atoms with Gasteiger partial charge in [0.15, 0.2) is 0 Å². The van der Waals surface area contributed by atoms with E-state index < -0.39 is 0 Å². The van der Waals surface area contributed by atoms with Crippen molar-refractivity contribution in [3.63, 3.8) is 0 Å². The topological polar surface area (TPSA) is 70.1 Å². The van der Waals surface area contributed by atoms with Gasteiger partial charge in [-0.05, 0) is 48.4 Å². The minimum atomic E-state index is -0.0533. The first-order chi connectivity index (χ1) is 10.0. The van der Waals surface area contributed by atoms with Crippen molar-refractivity contribution in [3.8, 4) is 6.07 Å². The molecule has 1 amide bonds. The first-order valence-corrected chi connectivity index (χ1v) is 6.62. The Balaban J connectivity index is 2.11. The highest BCUT2D eigenvalue weighted by Gasteiger charge is 2.12. The molecule has 0 atom stereocenters. The van der Waals surface area contributed by atoms with Gasteiger partial charge in [-0.1, -0.05) is 12.1 Å². The molecular weight excluding hydrogens is 262 g/mol. The van der Waals surface area contributed by atoms with Gasteiger partial charge in [0.2, 0.25) is 0 Å². The quantitative estimate of drug-likeness (QED) is 0.878. The van der Waals surface area contributed by atoms with Crippen molar-refractivity contribution in [1.29, 1.82) is 5.26 Å². The Bertz CT molecular complexity index is 699. The Kier molecular flexibility index (Phi) is 4.24. The molecule has 4 heteroatoms. The second kappa shape index (κ2) is 6.10. The summed E-state index contributed by atoms with van der Waals surface area (Å²) in [5.41, 5.74) is 9.56. The average molecular weight is 279 g/mol. The van der Waals surface area contributed by atoms with Gasteiger partial charge >= 0.3 is 0 Å². The average Bonchev–Trinajstić information content (AvgIpc) is 2.50. The van der Waals surface area contributed by atoms with Crippen molar-refractivity contribution in [1.82, 2.24) is 4.90 Å². The van der Waals surface area contributed by atoms with Crippen LogP contribution in [0.1, 0.15) is 27.0 Å². The summed E-state index contributed by atoms with van der Waals surface area (Å²) in [7, 11) is 1.76. The van der Waals surface area contributed by atoms with Gasteiger partial charge in [0.25, 0.3) is 5.91 Å². The molecular formula is C17H17N3O. The fraction of sp³-hybridized carbons (Fsp3) is 0.176. The SMILES string of the molecule is Cc1cc(C(=O)N(C)Cc2ccc(C#N)cc2)ccc1N. The van der Waals surface area contributed by atoms with Crippen LogP contribution >= 0.6 is 0 Å². The molecule has 0 saturated carbocycles. The molecule has 2 N–H and O–H groups in total. The number of hydrogen-bond donors (Lipinski definition) is 1. The Morgan fingerprint density at radius 3 is 2.48 bits per heavy atom. The maximum absolute atomic E-state index is 12.4. The number of carbonyl (C=O) groups excluding carboxylic acids is 1. The number of rotatable bonds is 3. The number of benzene rings is 2. The van der Waals surface area contributed by atoms with E-state index in [0.717, 1.165) is 11.1 Å². The summed E-state index contributed by atoms with van der Waals surface area (Å²) in [6, 6.07) is 14.6. The van der Waals surface area contributed by atoms with Crippen LogP contribution in [0.25, 0.3) is 0 Å². The Morgan fingerprint density at radius 1 is 1.24 bits per heavy atom. The fourth-order valence-corrected chi connectivity index (χ4v) is 2.06. The highest BCUT2D eigenvalue weighted by molar-refractivity contribution is 5.94. The summed E-state index contributed by atoms with van der Waals surface area (Å²) in [5.74, 6) is -0.0533. The molecule has 0 spiro atoms. The summed E-state index contributed by atoms with van der Waals surface area (Å²) < 4.78 is 0. The molecule has 0 fully saturated rings. The van der Waals surface area contributed by atoms with Crippen LogP contribution in [0, 0.1) is 18.3 Å². The van der Waals surface area contributed by atoms with Crippen LogP contribution in [0.5, 0.6) is 0 Å². The van der Waals surface area contributed by atoms with E-state index >= 15 is 0 Å². The molecule has 0 radical (unpaired) electrons. The van der Waals surface area contributed by atoms with Crippen LogP contribution in [0.2, 0.25) is 0 Å². The van der Waals surface area contributed by atoms with E-state index in [-0.39, 0.29) is 5.91 Å². The number of nitriles is 1. The molecule has 2 rings (SSSR count). The second-order valence-electron chi connectivity index (χ2n) is 5.04. The van der Waals surface area contributed by atoms with Crippen LogP contribution in [-0.4, -0.2) is 17.9 Å². The van der Waals surface area contributed by atoms with E-state index in [2.05, 4.69) is 6.07 Å². The van der Waals surface area contributed by atoms with Crippen molar-refractivity contribution in [2.45, 2.75) is 13.5 Å². The summed E-state index contributed by atoms with van der Waals surface area (Å²) in [5, 5.41) is 8.77. The lowest BCUT2D eigenvalue weighted by molar-refractivity contribution is 0.0785. The number of aryl methyl sites for hydroxylation is 1. The van der Waals surface area contributed by atoms with Gasteiger partial charge in [-0.3, -0.25) is 4.79 Å². The van der Waals surface area contributed by atoms with Crippen LogP contribution < -0.4 is 5.73 Å². The number of nitrogens with two attached hydrogens (primary N) is 1. The fourth-order valence-electron chi connectivity index (χ4n) is 2.06. The van der Waals surface area contributed by atoms with E-state index in [9.17, 15) is 4.79 Å². The first-order valence-electron chi connectivity index (χ1n) is 6.62. The summed E-state index contributed by atoms with van der Waals surface area (Å²) in [6.07, 6.45) is 0. The van der Waals surface area contributed by atoms with Crippen molar-refractivity contribution in [3.05, 3.63) is 64.7 Å². The second-order valence-corrected chi connectivity index (χ2v) is 5.04. The lowest BCUT2D eigenvalue weighted by Crippen LogP contribution is -2.26. The van der Waals surface area contributed by atoms with E-state index in [1.807, 2.05) is 19.1 Å². The number of anilines is 1. The smallest absolute Gasteiger partial charge is 0.253 e. The third-order valence-corrected chi connectivity index (χ3v) is 3.37. The number of amides is 1. The van der Waals surface area contributed by atoms with Crippen molar-refractivity contribution < 1.29 is 4.79 Å². The van der Waals surface area contributed by atoms with Gasteiger partial charge in [-0.2, -0.15) is 5.26 Å². The van der Waals surface area contributed by atoms with Crippen LogP contribution in [0.15, 0.2) is 42.5 Å². The van der Waals surface area contributed by atoms with Gasteiger partial charge < -0.3 is 10.6 Å². The van der Waals surface area contributed by atoms with Crippen molar-refractivity contribution in [2.75, 3.05) is 12.8 Å². The lowest BCUT2D eigenvalue weighted by Gasteiger charge is -2.18. The summed E-state index contributed by atoms with van der Waals surface area (Å²) in [6.45, 7) is 2.38. The third-order valence-electron chi connectivity index (χ3n) is 3.37.